The normalized spacial score (nSPS) is 18.0. The molecule has 2 atom stereocenters. The second kappa shape index (κ2) is 14.0. The van der Waals surface area contributed by atoms with Gasteiger partial charge in [0.2, 0.25) is 10.0 Å². The van der Waals surface area contributed by atoms with Gasteiger partial charge in [-0.1, -0.05) is 59.6 Å². The molecule has 1 saturated heterocycles. The maximum absolute atomic E-state index is 13.6. The highest BCUT2D eigenvalue weighted by Crippen LogP contribution is 2.39. The van der Waals surface area contributed by atoms with E-state index < -0.39 is 34.1 Å². The van der Waals surface area contributed by atoms with Crippen molar-refractivity contribution >= 4 is 51.0 Å². The first-order chi connectivity index (χ1) is 20.6. The average Bonchev–Trinajstić information content (AvgIpc) is 3.65. The minimum absolute atomic E-state index is 0.00278. The van der Waals surface area contributed by atoms with Crippen LogP contribution < -0.4 is 9.47 Å². The summed E-state index contributed by atoms with van der Waals surface area (Å²) < 4.78 is 70.5. The zero-order valence-corrected chi connectivity index (χ0v) is 25.8. The summed E-state index contributed by atoms with van der Waals surface area (Å²) in [7, 11) is -3.86. The van der Waals surface area contributed by atoms with E-state index in [1.54, 1.807) is 30.3 Å². The number of nitrogens with zero attached hydrogens (tertiary/aromatic N) is 2. The van der Waals surface area contributed by atoms with Gasteiger partial charge in [0.15, 0.2) is 16.9 Å². The van der Waals surface area contributed by atoms with Gasteiger partial charge >= 0.3 is 12.6 Å². The summed E-state index contributed by atoms with van der Waals surface area (Å²) in [5.41, 5.74) is 1.43. The number of carbonyl (C=O) groups excluding carboxylic acids is 1. The van der Waals surface area contributed by atoms with E-state index in [2.05, 4.69) is 9.72 Å². The van der Waals surface area contributed by atoms with Crippen LogP contribution in [0.1, 0.15) is 35.6 Å². The van der Waals surface area contributed by atoms with Gasteiger partial charge in [-0.2, -0.15) is 13.1 Å². The number of hydrogen-bond donors (Lipinski definition) is 0. The van der Waals surface area contributed by atoms with Gasteiger partial charge in [-0.15, -0.1) is 11.8 Å². The van der Waals surface area contributed by atoms with Crippen LogP contribution in [0.15, 0.2) is 60.9 Å². The van der Waals surface area contributed by atoms with Crippen molar-refractivity contribution in [2.75, 3.05) is 18.9 Å². The molecule has 43 heavy (non-hydrogen) atoms. The fourth-order valence-corrected chi connectivity index (χ4v) is 8.29. The van der Waals surface area contributed by atoms with Crippen LogP contribution in [-0.4, -0.2) is 54.6 Å². The summed E-state index contributed by atoms with van der Waals surface area (Å²) in [6.07, 6.45) is 3.72. The lowest BCUT2D eigenvalue weighted by Gasteiger charge is -2.26. The van der Waals surface area contributed by atoms with E-state index in [1.807, 2.05) is 0 Å². The number of sulfonamides is 1. The smallest absolute Gasteiger partial charge is 0.387 e. The molecule has 1 aliphatic carbocycles. The highest BCUT2D eigenvalue weighted by molar-refractivity contribution is 8.01. The number of rotatable bonds is 13. The number of ether oxygens (including phenoxy) is 3. The molecule has 3 aromatic rings. The monoisotopic (exact) mass is 672 g/mol. The Morgan fingerprint density at radius 2 is 1.79 bits per heavy atom. The average molecular weight is 674 g/mol. The molecule has 2 aromatic carbocycles. The van der Waals surface area contributed by atoms with Crippen molar-refractivity contribution in [2.45, 2.75) is 43.1 Å². The van der Waals surface area contributed by atoms with Crippen LogP contribution in [0.2, 0.25) is 10.0 Å². The third kappa shape index (κ3) is 8.30. The Hall–Kier alpha value is -2.64. The fourth-order valence-electron chi connectivity index (χ4n) is 4.56. The molecule has 5 rings (SSSR count). The number of esters is 1. The minimum Gasteiger partial charge on any atom is -0.489 e. The van der Waals surface area contributed by atoms with E-state index in [9.17, 15) is 22.0 Å². The Labute approximate surface area is 262 Å². The molecule has 2 heterocycles. The van der Waals surface area contributed by atoms with Crippen molar-refractivity contribution in [3.8, 4) is 11.5 Å². The van der Waals surface area contributed by atoms with E-state index in [4.69, 9.17) is 32.7 Å². The standard InChI is InChI=1S/C29H28Cl2F2N2O6S2/c30-22-14-34-15-23(31)21(22)13-25(20-8-9-24(41-29(32)33)26(12-20)39-16-18-6-7-18)40-28(36)27-35(10-11-42-27)43(37,38)17-19-4-2-1-3-5-19/h1-5,8-9,12,14-15,18,25,27,29H,6-7,10-11,13,16-17H2/t25?,27-/m0/s1. The molecule has 2 aliphatic rings. The lowest BCUT2D eigenvalue weighted by atomic mass is 10.0. The largest absolute Gasteiger partial charge is 0.489 e. The zero-order valence-electron chi connectivity index (χ0n) is 22.7. The first-order valence-corrected chi connectivity index (χ1v) is 16.9. The van der Waals surface area contributed by atoms with E-state index in [1.165, 1.54) is 30.6 Å². The number of thioether (sulfide) groups is 1. The first-order valence-electron chi connectivity index (χ1n) is 13.5. The number of aromatic nitrogens is 1. The van der Waals surface area contributed by atoms with Crippen molar-refractivity contribution in [1.29, 1.82) is 0 Å². The fraction of sp³-hybridized carbons (Fsp3) is 0.379. The Morgan fingerprint density at radius 3 is 2.47 bits per heavy atom. The minimum atomic E-state index is -3.86. The predicted octanol–water partition coefficient (Wildman–Crippen LogP) is 6.51. The maximum atomic E-state index is 13.6. The van der Waals surface area contributed by atoms with Gasteiger partial charge < -0.3 is 14.2 Å². The summed E-state index contributed by atoms with van der Waals surface area (Å²) in [5, 5.41) is -0.649. The summed E-state index contributed by atoms with van der Waals surface area (Å²) in [4.78, 5) is 17.6. The SMILES string of the molecule is O=C(OC(Cc1c(Cl)cncc1Cl)c1ccc(OC(F)F)c(OCC2CC2)c1)[C@@H]1SCCN1S(=O)(=O)Cc1ccccc1. The molecule has 1 aliphatic heterocycles. The first kappa shape index (κ1) is 31.8. The summed E-state index contributed by atoms with van der Waals surface area (Å²) in [6.45, 7) is -2.60. The van der Waals surface area contributed by atoms with Gasteiger partial charge in [0.1, 0.15) is 6.10 Å². The van der Waals surface area contributed by atoms with Gasteiger partial charge in [0, 0.05) is 31.1 Å². The van der Waals surface area contributed by atoms with Crippen LogP contribution in [0, 0.1) is 5.92 Å². The predicted molar refractivity (Wildman–Crippen MR) is 160 cm³/mol. The zero-order chi connectivity index (χ0) is 30.6. The summed E-state index contributed by atoms with van der Waals surface area (Å²) in [6, 6.07) is 13.0. The van der Waals surface area contributed by atoms with Crippen molar-refractivity contribution < 1.29 is 36.2 Å². The Balaban J connectivity index is 1.43. The van der Waals surface area contributed by atoms with Gasteiger partial charge in [-0.25, -0.2) is 13.2 Å². The van der Waals surface area contributed by atoms with Crippen molar-refractivity contribution in [2.24, 2.45) is 5.92 Å². The van der Waals surface area contributed by atoms with Crippen LogP contribution in [-0.2, 0) is 31.7 Å². The molecule has 1 aromatic heterocycles. The van der Waals surface area contributed by atoms with Crippen LogP contribution in [0.5, 0.6) is 11.5 Å². The van der Waals surface area contributed by atoms with Crippen LogP contribution in [0.25, 0.3) is 0 Å². The number of alkyl halides is 2. The Kier molecular flexibility index (Phi) is 10.3. The van der Waals surface area contributed by atoms with E-state index in [-0.39, 0.29) is 40.3 Å². The lowest BCUT2D eigenvalue weighted by molar-refractivity contribution is -0.150. The quantitative estimate of drug-likeness (QED) is 0.190. The molecular formula is C29H28Cl2F2N2O6S2. The molecule has 0 bridgehead atoms. The maximum Gasteiger partial charge on any atom is 0.387 e. The van der Waals surface area contributed by atoms with Crippen molar-refractivity contribution in [1.82, 2.24) is 9.29 Å². The van der Waals surface area contributed by atoms with E-state index >= 15 is 0 Å². The second-order valence-electron chi connectivity index (χ2n) is 10.1. The van der Waals surface area contributed by atoms with Crippen molar-refractivity contribution in [3.05, 3.63) is 87.7 Å². The highest BCUT2D eigenvalue weighted by atomic mass is 35.5. The second-order valence-corrected chi connectivity index (χ2v) is 14.1. The summed E-state index contributed by atoms with van der Waals surface area (Å²) in [5.74, 6) is -0.404. The highest BCUT2D eigenvalue weighted by Gasteiger charge is 2.41. The van der Waals surface area contributed by atoms with E-state index in [0.29, 0.717) is 35.0 Å². The topological polar surface area (TPSA) is 95.0 Å². The number of pyridine rings is 1. The number of benzene rings is 2. The Morgan fingerprint density at radius 1 is 1.07 bits per heavy atom. The third-order valence-corrected chi connectivity index (χ3v) is 10.7. The molecule has 14 heteroatoms. The van der Waals surface area contributed by atoms with Crippen LogP contribution in [0.3, 0.4) is 0 Å². The summed E-state index contributed by atoms with van der Waals surface area (Å²) >= 11 is 13.9. The molecule has 0 N–H and O–H groups in total. The van der Waals surface area contributed by atoms with Gasteiger partial charge in [-0.3, -0.25) is 4.98 Å². The molecule has 0 spiro atoms. The molecular weight excluding hydrogens is 645 g/mol. The van der Waals surface area contributed by atoms with Crippen LogP contribution in [0.4, 0.5) is 8.78 Å². The molecule has 8 nitrogen and oxygen atoms in total. The van der Waals surface area contributed by atoms with Crippen LogP contribution >= 0.6 is 35.0 Å². The van der Waals surface area contributed by atoms with E-state index in [0.717, 1.165) is 28.9 Å². The third-order valence-electron chi connectivity index (χ3n) is 6.93. The molecule has 0 amide bonds. The van der Waals surface area contributed by atoms with Gasteiger partial charge in [0.25, 0.3) is 0 Å². The van der Waals surface area contributed by atoms with Gasteiger partial charge in [-0.05, 0) is 47.6 Å². The molecule has 1 unspecified atom stereocenters. The number of halogens is 4. The molecule has 1 saturated carbocycles. The number of hydrogen-bond acceptors (Lipinski definition) is 8. The van der Waals surface area contributed by atoms with Crippen molar-refractivity contribution in [3.63, 3.8) is 0 Å². The Bertz CT molecular complexity index is 1530. The molecule has 230 valence electrons. The molecule has 0 radical (unpaired) electrons. The lowest BCUT2D eigenvalue weighted by Crippen LogP contribution is -2.41. The van der Waals surface area contributed by atoms with Gasteiger partial charge in [0.05, 0.1) is 22.4 Å². The number of carbonyl (C=O) groups is 1. The molecule has 2 fully saturated rings.